The van der Waals surface area contributed by atoms with E-state index in [0.717, 1.165) is 24.1 Å². The topological polar surface area (TPSA) is 58.1 Å². The summed E-state index contributed by atoms with van der Waals surface area (Å²) in [6.45, 7) is 0. The molecule has 0 spiro atoms. The van der Waals surface area contributed by atoms with Gasteiger partial charge in [-0.1, -0.05) is 0 Å². The molecule has 9 heteroatoms. The molecule has 2 aliphatic heterocycles. The Morgan fingerprint density at radius 3 is 2.69 bits per heavy atom. The van der Waals surface area contributed by atoms with E-state index < -0.39 is 23.7 Å². The Labute approximate surface area is 146 Å². The van der Waals surface area contributed by atoms with Crippen molar-refractivity contribution >= 4 is 11.8 Å². The monoisotopic (exact) mass is 366 g/mol. The van der Waals surface area contributed by atoms with Gasteiger partial charge in [-0.3, -0.25) is 5.32 Å². The number of hydrogen-bond acceptors (Lipinski definition) is 3. The third-order valence-electron chi connectivity index (χ3n) is 4.90. The maximum Gasteiger partial charge on any atom is 0.417 e. The van der Waals surface area contributed by atoms with Crippen LogP contribution in [-0.4, -0.2) is 26.9 Å². The Balaban J connectivity index is 1.54. The molecule has 26 heavy (non-hydrogen) atoms. The number of halogens is 4. The van der Waals surface area contributed by atoms with Gasteiger partial charge in [-0.05, 0) is 43.0 Å². The lowest BCUT2D eigenvalue weighted by Gasteiger charge is -2.36. The normalized spacial score (nSPS) is 21.5. The molecule has 2 bridgehead atoms. The molecule has 1 N–H and O–H groups in total. The minimum absolute atomic E-state index is 0.0362. The molecular weight excluding hydrogens is 352 g/mol. The first-order valence-corrected chi connectivity index (χ1v) is 8.10. The maximum absolute atomic E-state index is 13.9. The van der Waals surface area contributed by atoms with Crippen molar-refractivity contribution in [1.82, 2.24) is 14.9 Å². The smallest absolute Gasteiger partial charge is 0.314 e. The second kappa shape index (κ2) is 5.93. The van der Waals surface area contributed by atoms with E-state index in [2.05, 4.69) is 15.3 Å². The number of alkyl halides is 3. The van der Waals surface area contributed by atoms with Crippen LogP contribution in [-0.2, 0) is 12.6 Å². The third kappa shape index (κ3) is 2.77. The van der Waals surface area contributed by atoms with Crippen LogP contribution in [0.1, 0.15) is 35.6 Å². The highest BCUT2D eigenvalue weighted by molar-refractivity contribution is 5.89. The number of anilines is 1. The van der Waals surface area contributed by atoms with Gasteiger partial charge in [0.25, 0.3) is 0 Å². The Morgan fingerprint density at radius 2 is 2.00 bits per heavy atom. The summed E-state index contributed by atoms with van der Waals surface area (Å²) in [6.07, 6.45) is -0.624. The van der Waals surface area contributed by atoms with Crippen molar-refractivity contribution in [3.05, 3.63) is 53.2 Å². The van der Waals surface area contributed by atoms with Crippen molar-refractivity contribution in [3.63, 3.8) is 0 Å². The van der Waals surface area contributed by atoms with E-state index in [1.165, 1.54) is 6.20 Å². The van der Waals surface area contributed by atoms with E-state index >= 15 is 0 Å². The fourth-order valence-electron chi connectivity index (χ4n) is 3.74. The molecule has 2 aromatic rings. The third-order valence-corrected chi connectivity index (χ3v) is 4.90. The molecule has 4 rings (SSSR count). The summed E-state index contributed by atoms with van der Waals surface area (Å²) in [4.78, 5) is 21.6. The molecule has 1 saturated heterocycles. The Kier molecular flexibility index (Phi) is 3.82. The Morgan fingerprint density at radius 1 is 1.19 bits per heavy atom. The zero-order valence-electron chi connectivity index (χ0n) is 13.4. The summed E-state index contributed by atoms with van der Waals surface area (Å²) in [5.41, 5.74) is 0.393. The second-order valence-corrected chi connectivity index (χ2v) is 6.39. The van der Waals surface area contributed by atoms with Crippen LogP contribution in [0.25, 0.3) is 0 Å². The number of nitrogens with zero attached hydrogens (tertiary/aromatic N) is 3. The molecule has 0 saturated carbocycles. The van der Waals surface area contributed by atoms with Crippen LogP contribution < -0.4 is 5.32 Å². The Hall–Kier alpha value is -2.71. The number of amides is 2. The lowest BCUT2D eigenvalue weighted by Crippen LogP contribution is -2.44. The quantitative estimate of drug-likeness (QED) is 0.615. The number of rotatable bonds is 1. The van der Waals surface area contributed by atoms with Crippen LogP contribution in [0.4, 0.5) is 28.2 Å². The van der Waals surface area contributed by atoms with E-state index in [4.69, 9.17) is 0 Å². The van der Waals surface area contributed by atoms with Gasteiger partial charge < -0.3 is 4.90 Å². The van der Waals surface area contributed by atoms with E-state index in [1.54, 1.807) is 11.0 Å². The van der Waals surface area contributed by atoms with Crippen molar-refractivity contribution in [2.24, 2.45) is 0 Å². The highest BCUT2D eigenvalue weighted by atomic mass is 19.4. The van der Waals surface area contributed by atoms with Gasteiger partial charge >= 0.3 is 12.2 Å². The SMILES string of the molecule is O=C(Nc1ccc(C(F)(F)F)cn1)N1[C@@H]2CC[C@H]1c1ccnc(F)c1C2. The summed E-state index contributed by atoms with van der Waals surface area (Å²) in [7, 11) is 0. The highest BCUT2D eigenvalue weighted by Gasteiger charge is 2.43. The zero-order valence-corrected chi connectivity index (χ0v) is 13.4. The highest BCUT2D eigenvalue weighted by Crippen LogP contribution is 2.44. The van der Waals surface area contributed by atoms with Gasteiger partial charge in [-0.15, -0.1) is 0 Å². The van der Waals surface area contributed by atoms with Gasteiger partial charge in [0.05, 0.1) is 11.6 Å². The van der Waals surface area contributed by atoms with Crippen molar-refractivity contribution in [1.29, 1.82) is 0 Å². The first kappa shape index (κ1) is 16.7. The van der Waals surface area contributed by atoms with Crippen molar-refractivity contribution in [2.75, 3.05) is 5.32 Å². The van der Waals surface area contributed by atoms with Crippen LogP contribution in [0.2, 0.25) is 0 Å². The standard InChI is InChI=1S/C17H14F4N4O/c18-15-12-7-10-2-3-13(11(12)5-6-22-15)25(10)16(26)24-14-4-1-9(8-23-14)17(19,20)21/h1,4-6,8,10,13H,2-3,7H2,(H,23,24,26)/t10-,13+/m1/s1. The number of pyridine rings is 2. The fraction of sp³-hybridized carbons (Fsp3) is 0.353. The van der Waals surface area contributed by atoms with Gasteiger partial charge in [0.1, 0.15) is 5.82 Å². The van der Waals surface area contributed by atoms with Crippen molar-refractivity contribution in [2.45, 2.75) is 37.5 Å². The minimum Gasteiger partial charge on any atom is -0.314 e. The largest absolute Gasteiger partial charge is 0.417 e. The first-order valence-electron chi connectivity index (χ1n) is 8.10. The van der Waals surface area contributed by atoms with E-state index in [0.29, 0.717) is 24.6 Å². The summed E-state index contributed by atoms with van der Waals surface area (Å²) >= 11 is 0. The van der Waals surface area contributed by atoms with Crippen LogP contribution in [0, 0.1) is 5.95 Å². The predicted octanol–water partition coefficient (Wildman–Crippen LogP) is 3.93. The lowest BCUT2D eigenvalue weighted by molar-refractivity contribution is -0.137. The van der Waals surface area contributed by atoms with Gasteiger partial charge in [-0.2, -0.15) is 17.6 Å². The molecule has 5 nitrogen and oxygen atoms in total. The van der Waals surface area contributed by atoms with Crippen LogP contribution in [0.5, 0.6) is 0 Å². The maximum atomic E-state index is 13.9. The summed E-state index contributed by atoms with van der Waals surface area (Å²) in [6, 6.07) is 2.80. The number of fused-ring (bicyclic) bond motifs is 4. The van der Waals surface area contributed by atoms with Crippen LogP contribution in [0.3, 0.4) is 0 Å². The lowest BCUT2D eigenvalue weighted by atomic mass is 9.95. The molecule has 0 radical (unpaired) electrons. The zero-order chi connectivity index (χ0) is 18.5. The molecule has 2 amide bonds. The van der Waals surface area contributed by atoms with Crippen molar-refractivity contribution in [3.8, 4) is 0 Å². The number of carbonyl (C=O) groups excluding carboxylic acids is 1. The van der Waals surface area contributed by atoms with Crippen molar-refractivity contribution < 1.29 is 22.4 Å². The molecule has 1 fully saturated rings. The number of aromatic nitrogens is 2. The predicted molar refractivity (Wildman–Crippen MR) is 83.8 cm³/mol. The minimum atomic E-state index is -4.48. The molecule has 0 unspecified atom stereocenters. The van der Waals surface area contributed by atoms with Gasteiger partial charge in [-0.25, -0.2) is 14.8 Å². The number of urea groups is 1. The number of hydrogen-bond donors (Lipinski definition) is 1. The van der Waals surface area contributed by atoms with Gasteiger partial charge in [0.2, 0.25) is 5.95 Å². The molecule has 136 valence electrons. The van der Waals surface area contributed by atoms with E-state index in [1.807, 2.05) is 0 Å². The molecule has 4 heterocycles. The average molecular weight is 366 g/mol. The molecule has 2 aromatic heterocycles. The molecule has 0 aliphatic carbocycles. The van der Waals surface area contributed by atoms with Crippen LogP contribution >= 0.6 is 0 Å². The molecule has 2 atom stereocenters. The average Bonchev–Trinajstić information content (AvgIpc) is 2.91. The number of nitrogens with one attached hydrogen (secondary N) is 1. The molecule has 0 aromatic carbocycles. The molecular formula is C17H14F4N4O. The van der Waals surface area contributed by atoms with Gasteiger partial charge in [0.15, 0.2) is 0 Å². The first-order chi connectivity index (χ1) is 12.3. The summed E-state index contributed by atoms with van der Waals surface area (Å²) in [5, 5.41) is 2.54. The van der Waals surface area contributed by atoms with E-state index in [-0.39, 0.29) is 17.9 Å². The second-order valence-electron chi connectivity index (χ2n) is 6.39. The summed E-state index contributed by atoms with van der Waals surface area (Å²) in [5.74, 6) is -0.474. The number of carbonyl (C=O) groups is 1. The van der Waals surface area contributed by atoms with Gasteiger partial charge in [0, 0.05) is 24.0 Å². The van der Waals surface area contributed by atoms with E-state index in [9.17, 15) is 22.4 Å². The Bertz CT molecular complexity index is 853. The van der Waals surface area contributed by atoms with Crippen LogP contribution in [0.15, 0.2) is 30.6 Å². The fourth-order valence-corrected chi connectivity index (χ4v) is 3.74. The molecule has 2 aliphatic rings. The summed E-state index contributed by atoms with van der Waals surface area (Å²) < 4.78 is 51.7.